The summed E-state index contributed by atoms with van der Waals surface area (Å²) in [5.74, 6) is -2.36. The first-order valence-electron chi connectivity index (χ1n) is 4.98. The van der Waals surface area contributed by atoms with Crippen molar-refractivity contribution in [1.82, 2.24) is 4.90 Å². The van der Waals surface area contributed by atoms with Crippen LogP contribution < -0.4 is 0 Å². The molecule has 80 valence electrons. The topological polar surface area (TPSA) is 29.5 Å². The second kappa shape index (κ2) is 2.48. The third kappa shape index (κ3) is 0.829. The fourth-order valence-electron chi connectivity index (χ4n) is 2.30. The fourth-order valence-corrected chi connectivity index (χ4v) is 2.30. The molecule has 0 aromatic carbocycles. The number of rotatable bonds is 0. The maximum atomic E-state index is 14.5. The molecule has 2 rings (SSSR count). The Kier molecular flexibility index (Phi) is 1.75. The molecule has 0 aromatic rings. The summed E-state index contributed by atoms with van der Waals surface area (Å²) in [6.45, 7) is 7.35. The van der Waals surface area contributed by atoms with Gasteiger partial charge >= 0.3 is 0 Å². The zero-order valence-electron chi connectivity index (χ0n) is 9.00. The van der Waals surface area contributed by atoms with Gasteiger partial charge < -0.3 is 4.74 Å². The summed E-state index contributed by atoms with van der Waals surface area (Å²) in [6, 6.07) is -0.156. The minimum absolute atomic E-state index is 0.137. The van der Waals surface area contributed by atoms with Gasteiger partial charge in [-0.05, 0) is 6.92 Å². The smallest absolute Gasteiger partial charge is 0.298 e. The minimum atomic E-state index is -1.90. The summed E-state index contributed by atoms with van der Waals surface area (Å²) in [4.78, 5) is 13.1. The average Bonchev–Trinajstić information content (AvgIpc) is 2.46. The number of hydrogen-bond donors (Lipinski definition) is 0. The lowest BCUT2D eigenvalue weighted by Gasteiger charge is -2.34. The lowest BCUT2D eigenvalue weighted by molar-refractivity contribution is -0.228. The number of fused-ring (bicyclic) bond motifs is 1. The summed E-state index contributed by atoms with van der Waals surface area (Å²) in [5, 5.41) is 0. The standard InChI is InChI=1S/C10H16FNO2/c1-6-5-14-10(11)9(3,4)7(2)8(13)12(6)10/h6-7H,5H2,1-4H3/t6-,7+,10+/m0/s1. The van der Waals surface area contributed by atoms with Gasteiger partial charge in [0, 0.05) is 5.92 Å². The summed E-state index contributed by atoms with van der Waals surface area (Å²) in [5.41, 5.74) is -0.769. The van der Waals surface area contributed by atoms with E-state index in [1.165, 1.54) is 4.90 Å². The van der Waals surface area contributed by atoms with Crippen LogP contribution in [0.3, 0.4) is 0 Å². The van der Waals surface area contributed by atoms with Crippen LogP contribution in [0.5, 0.6) is 0 Å². The van der Waals surface area contributed by atoms with E-state index >= 15 is 0 Å². The van der Waals surface area contributed by atoms with Crippen molar-refractivity contribution in [3.63, 3.8) is 0 Å². The van der Waals surface area contributed by atoms with Crippen LogP contribution in [-0.2, 0) is 9.53 Å². The van der Waals surface area contributed by atoms with Gasteiger partial charge in [0.05, 0.1) is 18.1 Å². The van der Waals surface area contributed by atoms with Crippen LogP contribution in [-0.4, -0.2) is 29.4 Å². The molecule has 0 aromatic heterocycles. The van der Waals surface area contributed by atoms with Crippen LogP contribution in [0.2, 0.25) is 0 Å². The van der Waals surface area contributed by atoms with Gasteiger partial charge in [-0.1, -0.05) is 20.8 Å². The zero-order valence-corrected chi connectivity index (χ0v) is 9.00. The molecule has 2 heterocycles. The second-order valence-corrected chi connectivity index (χ2v) is 4.87. The van der Waals surface area contributed by atoms with E-state index < -0.39 is 11.4 Å². The number of carbonyl (C=O) groups excluding carboxylic acids is 1. The minimum Gasteiger partial charge on any atom is -0.327 e. The van der Waals surface area contributed by atoms with Crippen molar-refractivity contribution in [2.45, 2.75) is 39.7 Å². The maximum Gasteiger partial charge on any atom is 0.298 e. The highest BCUT2D eigenvalue weighted by Crippen LogP contribution is 2.54. The molecule has 0 N–H and O–H groups in total. The first kappa shape index (κ1) is 9.90. The Hall–Kier alpha value is -0.640. The predicted octanol–water partition coefficient (Wildman–Crippen LogP) is 1.53. The molecule has 0 bridgehead atoms. The lowest BCUT2D eigenvalue weighted by atomic mass is 9.80. The Bertz CT molecular complexity index is 292. The predicted molar refractivity (Wildman–Crippen MR) is 49.0 cm³/mol. The summed E-state index contributed by atoms with van der Waals surface area (Å²) >= 11 is 0. The van der Waals surface area contributed by atoms with Gasteiger partial charge in [-0.15, -0.1) is 0 Å². The molecule has 2 aliphatic rings. The van der Waals surface area contributed by atoms with Gasteiger partial charge in [0.1, 0.15) is 0 Å². The van der Waals surface area contributed by atoms with Gasteiger partial charge in [0.2, 0.25) is 5.91 Å². The van der Waals surface area contributed by atoms with Crippen LogP contribution in [0.4, 0.5) is 4.39 Å². The largest absolute Gasteiger partial charge is 0.327 e. The average molecular weight is 201 g/mol. The van der Waals surface area contributed by atoms with Crippen molar-refractivity contribution in [3.05, 3.63) is 0 Å². The zero-order chi connectivity index (χ0) is 10.7. The molecule has 3 nitrogen and oxygen atoms in total. The Morgan fingerprint density at radius 2 is 2.07 bits per heavy atom. The Labute approximate surface area is 83.2 Å². The maximum absolute atomic E-state index is 14.5. The molecule has 2 saturated heterocycles. The molecule has 3 atom stereocenters. The van der Waals surface area contributed by atoms with Gasteiger partial charge in [-0.3, -0.25) is 9.69 Å². The summed E-state index contributed by atoms with van der Waals surface area (Å²) < 4.78 is 19.7. The van der Waals surface area contributed by atoms with E-state index in [1.807, 2.05) is 6.92 Å². The van der Waals surface area contributed by atoms with Crippen molar-refractivity contribution in [3.8, 4) is 0 Å². The van der Waals surface area contributed by atoms with E-state index in [9.17, 15) is 9.18 Å². The molecule has 2 fully saturated rings. The molecule has 0 aliphatic carbocycles. The molecule has 2 aliphatic heterocycles. The lowest BCUT2D eigenvalue weighted by Crippen LogP contribution is -2.47. The van der Waals surface area contributed by atoms with Crippen LogP contribution in [0.1, 0.15) is 27.7 Å². The molecule has 0 radical (unpaired) electrons. The fraction of sp³-hybridized carbons (Fsp3) is 0.900. The van der Waals surface area contributed by atoms with E-state index in [-0.39, 0.29) is 17.9 Å². The second-order valence-electron chi connectivity index (χ2n) is 4.87. The van der Waals surface area contributed by atoms with Gasteiger partial charge in [0.25, 0.3) is 5.98 Å². The number of ether oxygens (including phenoxy) is 1. The third-order valence-corrected chi connectivity index (χ3v) is 3.75. The van der Waals surface area contributed by atoms with E-state index in [0.29, 0.717) is 6.61 Å². The van der Waals surface area contributed by atoms with Gasteiger partial charge in [0.15, 0.2) is 0 Å². The molecule has 0 unspecified atom stereocenters. The molecule has 1 amide bonds. The first-order chi connectivity index (χ1) is 6.32. The molecular weight excluding hydrogens is 185 g/mol. The number of alkyl halides is 1. The normalized spacial score (nSPS) is 45.8. The molecule has 14 heavy (non-hydrogen) atoms. The molecular formula is C10H16FNO2. The van der Waals surface area contributed by atoms with E-state index in [0.717, 1.165) is 0 Å². The van der Waals surface area contributed by atoms with E-state index in [4.69, 9.17) is 4.74 Å². The number of nitrogens with zero attached hydrogens (tertiary/aromatic N) is 1. The highest BCUT2D eigenvalue weighted by Gasteiger charge is 2.68. The van der Waals surface area contributed by atoms with Gasteiger partial charge in [-0.25, -0.2) is 0 Å². The highest BCUT2D eigenvalue weighted by atomic mass is 19.2. The Morgan fingerprint density at radius 3 is 2.57 bits per heavy atom. The first-order valence-corrected chi connectivity index (χ1v) is 4.98. The van der Waals surface area contributed by atoms with Crippen molar-refractivity contribution < 1.29 is 13.9 Å². The number of halogens is 1. The summed E-state index contributed by atoms with van der Waals surface area (Å²) in [6.07, 6.45) is 0. The van der Waals surface area contributed by atoms with Crippen LogP contribution in [0.15, 0.2) is 0 Å². The van der Waals surface area contributed by atoms with Crippen molar-refractivity contribution >= 4 is 5.91 Å². The Balaban J connectivity index is 2.48. The Morgan fingerprint density at radius 1 is 1.50 bits per heavy atom. The quantitative estimate of drug-likeness (QED) is 0.556. The van der Waals surface area contributed by atoms with Crippen molar-refractivity contribution in [1.29, 1.82) is 0 Å². The van der Waals surface area contributed by atoms with Crippen LogP contribution in [0, 0.1) is 11.3 Å². The van der Waals surface area contributed by atoms with Crippen LogP contribution >= 0.6 is 0 Å². The van der Waals surface area contributed by atoms with Crippen LogP contribution in [0.25, 0.3) is 0 Å². The molecule has 0 spiro atoms. The monoisotopic (exact) mass is 201 g/mol. The van der Waals surface area contributed by atoms with E-state index in [2.05, 4.69) is 0 Å². The highest BCUT2D eigenvalue weighted by molar-refractivity contribution is 5.83. The molecule has 0 saturated carbocycles. The van der Waals surface area contributed by atoms with E-state index in [1.54, 1.807) is 20.8 Å². The van der Waals surface area contributed by atoms with Gasteiger partial charge in [-0.2, -0.15) is 4.39 Å². The summed E-state index contributed by atoms with van der Waals surface area (Å²) in [7, 11) is 0. The van der Waals surface area contributed by atoms with Crippen molar-refractivity contribution in [2.75, 3.05) is 6.61 Å². The van der Waals surface area contributed by atoms with Crippen molar-refractivity contribution in [2.24, 2.45) is 11.3 Å². The number of amides is 1. The SMILES string of the molecule is C[C@@H]1C(=O)N2[C@@H](C)CO[C@@]2(F)C1(C)C. The number of carbonyl (C=O) groups is 1. The number of hydrogen-bond acceptors (Lipinski definition) is 2. The third-order valence-electron chi connectivity index (χ3n) is 3.75. The molecule has 4 heteroatoms.